The molecular weight excluding hydrogens is 410 g/mol. The highest BCUT2D eigenvalue weighted by Gasteiger charge is 2.44. The topological polar surface area (TPSA) is 100 Å². The number of aliphatic hydroxyl groups excluding tert-OH is 1. The molecular formula is C22H18ClNO6. The number of rotatable bonds is 6. The summed E-state index contributed by atoms with van der Waals surface area (Å²) in [5.74, 6) is -2.07. The number of fused-ring (bicyclic) bond motifs is 1. The molecule has 1 amide bonds. The molecule has 0 spiro atoms. The molecule has 1 aliphatic heterocycles. The van der Waals surface area contributed by atoms with Crippen LogP contribution in [0, 0.1) is 0 Å². The maximum absolute atomic E-state index is 13.3. The predicted molar refractivity (Wildman–Crippen MR) is 110 cm³/mol. The molecule has 0 saturated heterocycles. The number of aliphatic hydroxyl groups is 1. The first-order valence-electron chi connectivity index (χ1n) is 9.17. The van der Waals surface area contributed by atoms with E-state index in [1.54, 1.807) is 30.3 Å². The highest BCUT2D eigenvalue weighted by atomic mass is 35.5. The molecule has 8 heteroatoms. The van der Waals surface area contributed by atoms with Crippen LogP contribution >= 0.6 is 11.6 Å². The fourth-order valence-electron chi connectivity index (χ4n) is 3.57. The molecule has 7 nitrogen and oxygen atoms in total. The van der Waals surface area contributed by atoms with E-state index in [1.165, 1.54) is 24.1 Å². The van der Waals surface area contributed by atoms with Crippen molar-refractivity contribution in [3.05, 3.63) is 76.2 Å². The number of ketones is 1. The summed E-state index contributed by atoms with van der Waals surface area (Å²) in [5.41, 5.74) is 0.869. The lowest BCUT2D eigenvalue weighted by Gasteiger charge is -2.26. The highest BCUT2D eigenvalue weighted by Crippen LogP contribution is 2.41. The molecule has 2 aromatic carbocycles. The largest absolute Gasteiger partial charge is 0.506 e. The van der Waals surface area contributed by atoms with E-state index >= 15 is 0 Å². The number of amides is 1. The second kappa shape index (κ2) is 7.85. The first-order chi connectivity index (χ1) is 14.4. The van der Waals surface area contributed by atoms with Gasteiger partial charge in [0, 0.05) is 19.0 Å². The van der Waals surface area contributed by atoms with Gasteiger partial charge in [-0.05, 0) is 29.8 Å². The number of nitrogens with zero attached hydrogens (tertiary/aromatic N) is 1. The number of phenols is 1. The van der Waals surface area contributed by atoms with E-state index in [2.05, 4.69) is 0 Å². The van der Waals surface area contributed by atoms with Crippen molar-refractivity contribution in [3.63, 3.8) is 0 Å². The Morgan fingerprint density at radius 1 is 1.20 bits per heavy atom. The summed E-state index contributed by atoms with van der Waals surface area (Å²) in [7, 11) is 1.49. The van der Waals surface area contributed by atoms with Gasteiger partial charge in [-0.2, -0.15) is 0 Å². The number of hydrogen-bond acceptors (Lipinski definition) is 6. The average Bonchev–Trinajstić information content (AvgIpc) is 3.28. The molecule has 154 valence electrons. The zero-order chi connectivity index (χ0) is 21.4. The van der Waals surface area contributed by atoms with Crippen molar-refractivity contribution in [2.75, 3.05) is 20.3 Å². The van der Waals surface area contributed by atoms with E-state index in [-0.39, 0.29) is 35.3 Å². The Morgan fingerprint density at radius 3 is 2.67 bits per heavy atom. The fraction of sp³-hybridized carbons (Fsp3) is 0.182. The van der Waals surface area contributed by atoms with Crippen LogP contribution in [-0.2, 0) is 9.53 Å². The maximum atomic E-state index is 13.3. The highest BCUT2D eigenvalue weighted by molar-refractivity contribution is 6.32. The number of aromatic hydroxyl groups is 1. The van der Waals surface area contributed by atoms with Crippen LogP contribution in [0.15, 0.2) is 64.3 Å². The van der Waals surface area contributed by atoms with Crippen molar-refractivity contribution in [2.45, 2.75) is 6.04 Å². The summed E-state index contributed by atoms with van der Waals surface area (Å²) in [6.07, 6.45) is 0. The lowest BCUT2D eigenvalue weighted by atomic mass is 9.95. The van der Waals surface area contributed by atoms with Crippen LogP contribution in [0.1, 0.15) is 22.2 Å². The Bertz CT molecular complexity index is 1150. The lowest BCUT2D eigenvalue weighted by Crippen LogP contribution is -2.34. The molecule has 30 heavy (non-hydrogen) atoms. The molecule has 1 atom stereocenters. The van der Waals surface area contributed by atoms with Gasteiger partial charge < -0.3 is 24.3 Å². The Hall–Kier alpha value is -3.29. The van der Waals surface area contributed by atoms with Crippen LogP contribution in [0.3, 0.4) is 0 Å². The summed E-state index contributed by atoms with van der Waals surface area (Å²) >= 11 is 6.05. The van der Waals surface area contributed by atoms with Gasteiger partial charge in [0.25, 0.3) is 5.91 Å². The number of benzene rings is 2. The number of methoxy groups -OCH3 is 1. The van der Waals surface area contributed by atoms with Gasteiger partial charge in [-0.3, -0.25) is 9.59 Å². The van der Waals surface area contributed by atoms with Gasteiger partial charge in [-0.1, -0.05) is 35.9 Å². The third kappa shape index (κ3) is 3.32. The third-order valence-corrected chi connectivity index (χ3v) is 5.32. The third-order valence-electron chi connectivity index (χ3n) is 5.02. The minimum absolute atomic E-state index is 0.00835. The van der Waals surface area contributed by atoms with Crippen LogP contribution in [0.25, 0.3) is 11.0 Å². The van der Waals surface area contributed by atoms with Gasteiger partial charge in [0.1, 0.15) is 11.3 Å². The molecule has 0 fully saturated rings. The number of ether oxygens (including phenoxy) is 1. The van der Waals surface area contributed by atoms with Crippen LogP contribution in [0.5, 0.6) is 5.75 Å². The van der Waals surface area contributed by atoms with Crippen LogP contribution in [-0.4, -0.2) is 47.1 Å². The first kappa shape index (κ1) is 20.0. The van der Waals surface area contributed by atoms with Crippen molar-refractivity contribution < 1.29 is 29.0 Å². The van der Waals surface area contributed by atoms with Crippen LogP contribution in [0.2, 0.25) is 5.02 Å². The quantitative estimate of drug-likeness (QED) is 0.576. The number of carbonyl (C=O) groups excluding carboxylic acids is 2. The predicted octanol–water partition coefficient (Wildman–Crippen LogP) is 4.02. The van der Waals surface area contributed by atoms with Gasteiger partial charge in [-0.25, -0.2) is 0 Å². The fourth-order valence-corrected chi connectivity index (χ4v) is 3.76. The van der Waals surface area contributed by atoms with Gasteiger partial charge in [0.05, 0.1) is 23.2 Å². The number of furan rings is 1. The van der Waals surface area contributed by atoms with Crippen molar-refractivity contribution in [1.29, 1.82) is 0 Å². The molecule has 2 N–H and O–H groups in total. The van der Waals surface area contributed by atoms with Crippen LogP contribution in [0.4, 0.5) is 0 Å². The van der Waals surface area contributed by atoms with E-state index in [9.17, 15) is 19.8 Å². The lowest BCUT2D eigenvalue weighted by molar-refractivity contribution is -0.130. The summed E-state index contributed by atoms with van der Waals surface area (Å²) in [6.45, 7) is 0.340. The zero-order valence-electron chi connectivity index (χ0n) is 16.0. The van der Waals surface area contributed by atoms with Gasteiger partial charge in [0.15, 0.2) is 11.5 Å². The first-order valence-corrected chi connectivity index (χ1v) is 9.55. The van der Waals surface area contributed by atoms with Crippen molar-refractivity contribution in [3.8, 4) is 5.75 Å². The molecule has 0 aliphatic carbocycles. The molecule has 4 rings (SSSR count). The van der Waals surface area contributed by atoms with Crippen LogP contribution < -0.4 is 0 Å². The van der Waals surface area contributed by atoms with Gasteiger partial charge in [0.2, 0.25) is 5.78 Å². The van der Waals surface area contributed by atoms with E-state index in [4.69, 9.17) is 20.8 Å². The Morgan fingerprint density at radius 2 is 1.97 bits per heavy atom. The molecule has 2 heterocycles. The smallest absolute Gasteiger partial charge is 0.290 e. The SMILES string of the molecule is COCCN1C(=O)C(O)=C(C(=O)c2cc3ccccc3o2)C1c1ccc(O)c(Cl)c1. The Kier molecular flexibility index (Phi) is 5.24. The van der Waals surface area contributed by atoms with E-state index in [0.29, 0.717) is 11.1 Å². The van der Waals surface area contributed by atoms with E-state index < -0.39 is 23.5 Å². The molecule has 1 aliphatic rings. The van der Waals surface area contributed by atoms with Gasteiger partial charge >= 0.3 is 0 Å². The standard InChI is InChI=1S/C22H18ClNO6/c1-29-9-8-24-19(13-6-7-15(25)14(23)10-13)18(21(27)22(24)28)20(26)17-11-12-4-2-3-5-16(12)30-17/h2-7,10-11,19,25,27H,8-9H2,1H3. The number of halogens is 1. The number of phenolic OH excluding ortho intramolecular Hbond substituents is 1. The zero-order valence-corrected chi connectivity index (χ0v) is 16.7. The molecule has 0 saturated carbocycles. The molecule has 3 aromatic rings. The normalized spacial score (nSPS) is 16.7. The Labute approximate surface area is 176 Å². The second-order valence-corrected chi connectivity index (χ2v) is 7.25. The summed E-state index contributed by atoms with van der Waals surface area (Å²) in [6, 6.07) is 12.2. The molecule has 1 aromatic heterocycles. The summed E-state index contributed by atoms with van der Waals surface area (Å²) in [4.78, 5) is 27.4. The molecule has 0 radical (unpaired) electrons. The van der Waals surface area contributed by atoms with Crippen molar-refractivity contribution in [1.82, 2.24) is 4.90 Å². The summed E-state index contributed by atoms with van der Waals surface area (Å²) in [5, 5.41) is 21.1. The van der Waals surface area contributed by atoms with E-state index in [0.717, 1.165) is 5.39 Å². The number of hydrogen-bond donors (Lipinski definition) is 2. The van der Waals surface area contributed by atoms with Crippen molar-refractivity contribution in [2.24, 2.45) is 0 Å². The number of para-hydroxylation sites is 1. The van der Waals surface area contributed by atoms with Gasteiger partial charge in [-0.15, -0.1) is 0 Å². The monoisotopic (exact) mass is 427 g/mol. The summed E-state index contributed by atoms with van der Waals surface area (Å²) < 4.78 is 10.7. The molecule has 0 bridgehead atoms. The van der Waals surface area contributed by atoms with E-state index in [1.807, 2.05) is 6.07 Å². The number of carbonyl (C=O) groups is 2. The second-order valence-electron chi connectivity index (χ2n) is 6.84. The maximum Gasteiger partial charge on any atom is 0.290 e. The molecule has 1 unspecified atom stereocenters. The minimum atomic E-state index is -0.911. The Balaban J connectivity index is 1.82. The number of Topliss-reactive ketones (excluding diaryl/α,β-unsaturated/α-hetero) is 1. The minimum Gasteiger partial charge on any atom is -0.506 e. The average molecular weight is 428 g/mol. The van der Waals surface area contributed by atoms with Crippen molar-refractivity contribution >= 4 is 34.3 Å².